The summed E-state index contributed by atoms with van der Waals surface area (Å²) in [5.41, 5.74) is 4.73. The number of aromatic nitrogens is 2. The van der Waals surface area contributed by atoms with E-state index in [2.05, 4.69) is 15.3 Å². The van der Waals surface area contributed by atoms with E-state index in [1.807, 2.05) is 0 Å². The normalized spacial score (nSPS) is 11.4. The number of nitrogens with two attached hydrogens (primary N) is 1. The molecule has 136 valence electrons. The first kappa shape index (κ1) is 19.4. The monoisotopic (exact) mass is 394 g/mol. The molecule has 25 heavy (non-hydrogen) atoms. The van der Waals surface area contributed by atoms with E-state index in [0.29, 0.717) is 19.2 Å². The third-order valence-electron chi connectivity index (χ3n) is 2.90. The highest BCUT2D eigenvalue weighted by Gasteiger charge is 2.31. The molecular formula is C14H14ClF3N4O2S. The Balaban J connectivity index is 1.81. The zero-order valence-electron chi connectivity index (χ0n) is 12.8. The first-order valence-corrected chi connectivity index (χ1v) is 8.35. The van der Waals surface area contributed by atoms with Crippen molar-refractivity contribution in [3.63, 3.8) is 0 Å². The number of amides is 1. The van der Waals surface area contributed by atoms with E-state index in [1.165, 1.54) is 11.3 Å². The second-order valence-electron chi connectivity index (χ2n) is 4.78. The van der Waals surface area contributed by atoms with Gasteiger partial charge in [0.25, 0.3) is 5.91 Å². The molecular weight excluding hydrogens is 381 g/mol. The molecule has 0 saturated carbocycles. The van der Waals surface area contributed by atoms with Crippen molar-refractivity contribution in [2.45, 2.75) is 12.6 Å². The number of halogens is 4. The minimum atomic E-state index is -4.53. The molecule has 6 nitrogen and oxygen atoms in total. The van der Waals surface area contributed by atoms with Gasteiger partial charge < -0.3 is 15.8 Å². The maximum Gasteiger partial charge on any atom is 0.417 e. The van der Waals surface area contributed by atoms with Gasteiger partial charge in [-0.3, -0.25) is 4.79 Å². The Morgan fingerprint density at radius 2 is 2.20 bits per heavy atom. The second-order valence-corrected chi connectivity index (χ2v) is 6.13. The number of nitrogens with zero attached hydrogens (tertiary/aromatic N) is 2. The van der Waals surface area contributed by atoms with Crippen molar-refractivity contribution < 1.29 is 22.7 Å². The van der Waals surface area contributed by atoms with E-state index in [4.69, 9.17) is 22.1 Å². The predicted octanol–water partition coefficient (Wildman–Crippen LogP) is 2.52. The lowest BCUT2D eigenvalue weighted by Gasteiger charge is -2.10. The van der Waals surface area contributed by atoms with Crippen LogP contribution >= 0.6 is 22.9 Å². The van der Waals surface area contributed by atoms with Gasteiger partial charge >= 0.3 is 6.18 Å². The molecule has 0 aromatic carbocycles. The molecule has 0 bridgehead atoms. The van der Waals surface area contributed by atoms with Crippen LogP contribution in [-0.2, 0) is 12.6 Å². The summed E-state index contributed by atoms with van der Waals surface area (Å²) in [5, 5.41) is 4.71. The summed E-state index contributed by atoms with van der Waals surface area (Å²) in [4.78, 5) is 19.5. The van der Waals surface area contributed by atoms with Crippen LogP contribution in [0.4, 0.5) is 13.2 Å². The molecule has 0 aliphatic rings. The van der Waals surface area contributed by atoms with Crippen LogP contribution in [0, 0.1) is 0 Å². The first-order chi connectivity index (χ1) is 11.8. The summed E-state index contributed by atoms with van der Waals surface area (Å²) in [5.74, 6) is -0.516. The molecule has 11 heteroatoms. The fourth-order valence-corrected chi connectivity index (χ4v) is 2.76. The highest BCUT2D eigenvalue weighted by Crippen LogP contribution is 2.32. The molecule has 0 aliphatic heterocycles. The van der Waals surface area contributed by atoms with E-state index >= 15 is 0 Å². The highest BCUT2D eigenvalue weighted by molar-refractivity contribution is 7.09. The topological polar surface area (TPSA) is 90.1 Å². The number of thiazole rings is 1. The van der Waals surface area contributed by atoms with Crippen LogP contribution in [0.2, 0.25) is 5.02 Å². The van der Waals surface area contributed by atoms with Crippen LogP contribution in [0.1, 0.15) is 21.1 Å². The number of nitrogens with one attached hydrogen (secondary N) is 1. The van der Waals surface area contributed by atoms with Gasteiger partial charge in [-0.1, -0.05) is 11.6 Å². The van der Waals surface area contributed by atoms with E-state index < -0.39 is 11.7 Å². The van der Waals surface area contributed by atoms with Gasteiger partial charge in [0, 0.05) is 18.0 Å². The zero-order chi connectivity index (χ0) is 18.4. The van der Waals surface area contributed by atoms with Crippen molar-refractivity contribution in [1.29, 1.82) is 0 Å². The number of ether oxygens (including phenoxy) is 1. The van der Waals surface area contributed by atoms with Gasteiger partial charge in [0.1, 0.15) is 17.3 Å². The van der Waals surface area contributed by atoms with Gasteiger partial charge in [0.05, 0.1) is 17.1 Å². The van der Waals surface area contributed by atoms with E-state index in [9.17, 15) is 18.0 Å². The molecule has 0 radical (unpaired) electrons. The van der Waals surface area contributed by atoms with Crippen LogP contribution in [-0.4, -0.2) is 35.6 Å². The van der Waals surface area contributed by atoms with Crippen LogP contribution in [0.3, 0.4) is 0 Å². The average Bonchev–Trinajstić information content (AvgIpc) is 3.00. The number of hydrogen-bond donors (Lipinski definition) is 2. The summed E-state index contributed by atoms with van der Waals surface area (Å²) in [6.45, 7) is 0.550. The van der Waals surface area contributed by atoms with Gasteiger partial charge in [0.2, 0.25) is 5.88 Å². The quantitative estimate of drug-likeness (QED) is 0.704. The molecule has 2 heterocycles. The standard InChI is InChI=1S/C14H14ClF3N4O2S/c15-9-5-8(14(16,17)18)6-21-13(9)24-4-3-20-12(23)10-7-25-11(22-10)1-2-19/h5-7H,1-4,19H2,(H,20,23). The first-order valence-electron chi connectivity index (χ1n) is 7.09. The third-order valence-corrected chi connectivity index (χ3v) is 4.08. The van der Waals surface area contributed by atoms with Gasteiger partial charge in [-0.15, -0.1) is 11.3 Å². The van der Waals surface area contributed by atoms with Crippen LogP contribution < -0.4 is 15.8 Å². The van der Waals surface area contributed by atoms with Crippen molar-refractivity contribution in [2.24, 2.45) is 5.73 Å². The lowest BCUT2D eigenvalue weighted by molar-refractivity contribution is -0.137. The van der Waals surface area contributed by atoms with E-state index in [-0.39, 0.29) is 35.7 Å². The van der Waals surface area contributed by atoms with Crippen LogP contribution in [0.15, 0.2) is 17.6 Å². The molecule has 0 aliphatic carbocycles. The SMILES string of the molecule is NCCc1nc(C(=O)NCCOc2ncc(C(F)(F)F)cc2Cl)cs1. The molecule has 2 rings (SSSR count). The summed E-state index contributed by atoms with van der Waals surface area (Å²) < 4.78 is 42.7. The molecule has 3 N–H and O–H groups in total. The molecule has 2 aromatic heterocycles. The Morgan fingerprint density at radius 1 is 1.44 bits per heavy atom. The number of carbonyl (C=O) groups excluding carboxylic acids is 1. The molecule has 2 aromatic rings. The zero-order valence-corrected chi connectivity index (χ0v) is 14.3. The van der Waals surface area contributed by atoms with Gasteiger partial charge in [-0.05, 0) is 12.6 Å². The van der Waals surface area contributed by atoms with Gasteiger partial charge in [-0.25, -0.2) is 9.97 Å². The lowest BCUT2D eigenvalue weighted by Crippen LogP contribution is -2.28. The number of rotatable bonds is 7. The van der Waals surface area contributed by atoms with Crippen LogP contribution in [0.25, 0.3) is 0 Å². The Hall–Kier alpha value is -1.91. The Bertz CT molecular complexity index is 739. The van der Waals surface area contributed by atoms with E-state index in [0.717, 1.165) is 11.1 Å². The minimum absolute atomic E-state index is 0.0103. The fraction of sp³-hybridized carbons (Fsp3) is 0.357. The van der Waals surface area contributed by atoms with Crippen molar-refractivity contribution in [2.75, 3.05) is 19.7 Å². The van der Waals surface area contributed by atoms with Crippen LogP contribution in [0.5, 0.6) is 5.88 Å². The molecule has 0 saturated heterocycles. The Morgan fingerprint density at radius 3 is 2.84 bits per heavy atom. The lowest BCUT2D eigenvalue weighted by atomic mass is 10.3. The predicted molar refractivity (Wildman–Crippen MR) is 86.9 cm³/mol. The van der Waals surface area contributed by atoms with Gasteiger partial charge in [-0.2, -0.15) is 13.2 Å². The molecule has 0 fully saturated rings. The maximum atomic E-state index is 12.5. The number of carbonyl (C=O) groups is 1. The van der Waals surface area contributed by atoms with Crippen molar-refractivity contribution in [1.82, 2.24) is 15.3 Å². The Kier molecular flexibility index (Phi) is 6.57. The number of alkyl halides is 3. The number of pyridine rings is 1. The summed E-state index contributed by atoms with van der Waals surface area (Å²) >= 11 is 7.05. The maximum absolute atomic E-state index is 12.5. The second kappa shape index (κ2) is 8.45. The van der Waals surface area contributed by atoms with Crippen molar-refractivity contribution in [3.8, 4) is 5.88 Å². The largest absolute Gasteiger partial charge is 0.475 e. The third kappa shape index (κ3) is 5.55. The summed E-state index contributed by atoms with van der Waals surface area (Å²) in [6, 6.07) is 0.733. The Labute approximate surface area is 150 Å². The minimum Gasteiger partial charge on any atom is -0.475 e. The molecule has 0 spiro atoms. The van der Waals surface area contributed by atoms with Crippen molar-refractivity contribution in [3.05, 3.63) is 38.9 Å². The van der Waals surface area contributed by atoms with E-state index in [1.54, 1.807) is 5.38 Å². The summed E-state index contributed by atoms with van der Waals surface area (Å²) in [6.07, 6.45) is -3.30. The summed E-state index contributed by atoms with van der Waals surface area (Å²) in [7, 11) is 0. The van der Waals surface area contributed by atoms with Crippen molar-refractivity contribution >= 4 is 28.8 Å². The highest BCUT2D eigenvalue weighted by atomic mass is 35.5. The molecule has 1 amide bonds. The molecule has 0 unspecified atom stereocenters. The molecule has 0 atom stereocenters. The van der Waals surface area contributed by atoms with Gasteiger partial charge in [0.15, 0.2) is 0 Å². The average molecular weight is 395 g/mol. The number of hydrogen-bond acceptors (Lipinski definition) is 6. The smallest absolute Gasteiger partial charge is 0.417 e. The fourth-order valence-electron chi connectivity index (χ4n) is 1.74.